The van der Waals surface area contributed by atoms with E-state index >= 15 is 0 Å². The molecule has 19 atom stereocenters. The van der Waals surface area contributed by atoms with Crippen LogP contribution in [0.5, 0.6) is 0 Å². The highest BCUT2D eigenvalue weighted by Crippen LogP contribution is 2.48. The standard InChI is InChI=1S/C47H72O14/c1-24(2)41-27(5)16-17-46(61-41)22-33-19-32(60-46)15-14-26(4)42(25(3)12-11-13-31-23-54-44-39(48)28(6)18-34(45(50)57-33)47(31,44)51)58-38-21-36(53-10)43(30(8)56-38)59-37-20-35(52-9)40(49)29(7)55-37/h11-14,18,24-25,27,29-30,32-44,48-49,51H,15-17,19-23H2,1-10H3/b12-11+,26-14+,31-13?/t25-,27-,29-,30-,32+,33-,34-,35-,36-,37-,38-,39+,40-,41+,42-,43-,44+,46+,47+/m0/s1. The van der Waals surface area contributed by atoms with E-state index in [0.717, 1.165) is 12.0 Å². The molecule has 344 valence electrons. The van der Waals surface area contributed by atoms with Crippen LogP contribution in [0.25, 0.3) is 0 Å². The number of esters is 1. The first-order valence-electron chi connectivity index (χ1n) is 22.6. The van der Waals surface area contributed by atoms with E-state index in [1.807, 2.05) is 19.1 Å². The fourth-order valence-corrected chi connectivity index (χ4v) is 10.8. The molecular weight excluding hydrogens is 789 g/mol. The van der Waals surface area contributed by atoms with Crippen molar-refractivity contribution in [3.05, 3.63) is 47.1 Å². The smallest absolute Gasteiger partial charge is 0.316 e. The molecule has 1 spiro atoms. The molecule has 0 saturated carbocycles. The molecule has 0 radical (unpaired) electrons. The molecule has 0 aromatic rings. The van der Waals surface area contributed by atoms with Gasteiger partial charge in [-0.3, -0.25) is 4.79 Å². The first-order chi connectivity index (χ1) is 29.0. The lowest BCUT2D eigenvalue weighted by Crippen LogP contribution is -2.58. The van der Waals surface area contributed by atoms with Crippen molar-refractivity contribution in [2.45, 2.75) is 198 Å². The Labute approximate surface area is 361 Å². The van der Waals surface area contributed by atoms with Gasteiger partial charge in [-0.2, -0.15) is 0 Å². The van der Waals surface area contributed by atoms with Crippen molar-refractivity contribution in [2.24, 2.45) is 23.7 Å². The van der Waals surface area contributed by atoms with E-state index in [0.29, 0.717) is 55.6 Å². The topological polar surface area (TPSA) is 170 Å². The number of aliphatic hydroxyl groups excluding tert-OH is 2. The summed E-state index contributed by atoms with van der Waals surface area (Å²) in [6.07, 6.45) is 5.52. The average molecular weight is 861 g/mol. The van der Waals surface area contributed by atoms with Crippen LogP contribution < -0.4 is 0 Å². The summed E-state index contributed by atoms with van der Waals surface area (Å²) in [5.74, 6) is -2.15. The second kappa shape index (κ2) is 19.2. The third-order valence-electron chi connectivity index (χ3n) is 14.4. The van der Waals surface area contributed by atoms with Gasteiger partial charge in [-0.05, 0) is 69.1 Å². The SMILES string of the molecule is CO[C@H]1C[C@H](O[C@H]2[C@H](C)O[C@@H](O[C@@H]3/C(C)=C/C[C@@H]4C[C@@H](C[C@]5(CC[C@H](C)[C@@H](C(C)C)O5)O4)OC(=O)[C@@H]4C=C(C)[C@@H](O)[C@H]5OCC(=C/C=C/[C@@H]3C)[C@]54O)C[C@@H]2OC)O[C@@H](C)[C@@H]1O. The summed E-state index contributed by atoms with van der Waals surface area (Å²) in [5, 5.41) is 34.2. The van der Waals surface area contributed by atoms with Crippen molar-refractivity contribution in [1.29, 1.82) is 0 Å². The van der Waals surface area contributed by atoms with E-state index in [9.17, 15) is 20.1 Å². The number of aliphatic hydroxyl groups is 3. The summed E-state index contributed by atoms with van der Waals surface area (Å²) in [7, 11) is 3.22. The van der Waals surface area contributed by atoms with Gasteiger partial charge in [-0.1, -0.05) is 58.1 Å². The van der Waals surface area contributed by atoms with E-state index in [4.69, 9.17) is 47.4 Å². The van der Waals surface area contributed by atoms with Crippen molar-refractivity contribution >= 4 is 5.97 Å². The van der Waals surface area contributed by atoms with E-state index < -0.39 is 90.8 Å². The quantitative estimate of drug-likeness (QED) is 0.225. The van der Waals surface area contributed by atoms with Gasteiger partial charge in [0.05, 0.1) is 49.3 Å². The summed E-state index contributed by atoms with van der Waals surface area (Å²) in [6, 6.07) is 0. The van der Waals surface area contributed by atoms with Gasteiger partial charge in [0, 0.05) is 52.2 Å². The third kappa shape index (κ3) is 9.67. The minimum Gasteiger partial charge on any atom is -0.462 e. The molecule has 0 unspecified atom stereocenters. The lowest BCUT2D eigenvalue weighted by Gasteiger charge is -2.50. The van der Waals surface area contributed by atoms with Crippen LogP contribution in [-0.4, -0.2) is 139 Å². The van der Waals surface area contributed by atoms with Crippen LogP contribution in [0.3, 0.4) is 0 Å². The minimum atomic E-state index is -1.82. The summed E-state index contributed by atoms with van der Waals surface area (Å²) >= 11 is 0. The second-order valence-corrected chi connectivity index (χ2v) is 19.2. The third-order valence-corrected chi connectivity index (χ3v) is 14.4. The van der Waals surface area contributed by atoms with E-state index in [-0.39, 0.29) is 36.8 Å². The Morgan fingerprint density at radius 3 is 2.31 bits per heavy atom. The Morgan fingerprint density at radius 2 is 1.59 bits per heavy atom. The molecule has 6 aliphatic heterocycles. The van der Waals surface area contributed by atoms with Crippen LogP contribution in [0, 0.1) is 23.7 Å². The highest BCUT2D eigenvalue weighted by Gasteiger charge is 2.60. The van der Waals surface area contributed by atoms with Crippen molar-refractivity contribution in [1.82, 2.24) is 0 Å². The Hall–Kier alpha value is -2.05. The number of carbonyl (C=O) groups is 1. The summed E-state index contributed by atoms with van der Waals surface area (Å²) in [6.45, 7) is 16.2. The average Bonchev–Trinajstić information content (AvgIpc) is 3.56. The molecule has 0 aromatic heterocycles. The van der Waals surface area contributed by atoms with Crippen molar-refractivity contribution in [2.75, 3.05) is 20.8 Å². The number of ether oxygens (including phenoxy) is 10. The second-order valence-electron chi connectivity index (χ2n) is 19.2. The molecule has 7 rings (SSSR count). The van der Waals surface area contributed by atoms with Crippen LogP contribution in [-0.2, 0) is 52.2 Å². The van der Waals surface area contributed by atoms with Crippen molar-refractivity contribution < 1.29 is 67.5 Å². The Morgan fingerprint density at radius 1 is 0.885 bits per heavy atom. The van der Waals surface area contributed by atoms with E-state index in [2.05, 4.69) is 40.7 Å². The van der Waals surface area contributed by atoms with Crippen LogP contribution in [0.1, 0.15) is 100 Å². The van der Waals surface area contributed by atoms with Gasteiger partial charge >= 0.3 is 5.97 Å². The molecule has 6 heterocycles. The van der Waals surface area contributed by atoms with E-state index in [1.54, 1.807) is 40.2 Å². The van der Waals surface area contributed by atoms with Crippen LogP contribution in [0.4, 0.5) is 0 Å². The molecule has 61 heavy (non-hydrogen) atoms. The van der Waals surface area contributed by atoms with Crippen LogP contribution in [0.15, 0.2) is 47.1 Å². The van der Waals surface area contributed by atoms with Crippen LogP contribution in [0.2, 0.25) is 0 Å². The zero-order valence-corrected chi connectivity index (χ0v) is 37.8. The Bertz CT molecular complexity index is 1660. The predicted octanol–water partition coefficient (Wildman–Crippen LogP) is 5.21. The maximum absolute atomic E-state index is 14.3. The number of fused-ring (bicyclic) bond motifs is 2. The predicted molar refractivity (Wildman–Crippen MR) is 223 cm³/mol. The van der Waals surface area contributed by atoms with Gasteiger partial charge in [-0.15, -0.1) is 0 Å². The molecule has 0 amide bonds. The Kier molecular flexibility index (Phi) is 14.8. The molecule has 3 N–H and O–H groups in total. The largest absolute Gasteiger partial charge is 0.462 e. The molecule has 1 aliphatic carbocycles. The fourth-order valence-electron chi connectivity index (χ4n) is 10.8. The molecule has 7 aliphatic rings. The molecule has 0 aromatic carbocycles. The summed E-state index contributed by atoms with van der Waals surface area (Å²) < 4.78 is 63.7. The number of methoxy groups -OCH3 is 2. The van der Waals surface area contributed by atoms with Gasteiger partial charge in [0.15, 0.2) is 18.4 Å². The fraction of sp³-hybridized carbons (Fsp3) is 0.809. The zero-order valence-electron chi connectivity index (χ0n) is 37.8. The van der Waals surface area contributed by atoms with Gasteiger partial charge in [0.2, 0.25) is 0 Å². The van der Waals surface area contributed by atoms with Gasteiger partial charge in [0.1, 0.15) is 42.0 Å². The number of hydrogen-bond donors (Lipinski definition) is 3. The van der Waals surface area contributed by atoms with Gasteiger partial charge < -0.3 is 62.7 Å². The first kappa shape index (κ1) is 46.9. The lowest BCUT2D eigenvalue weighted by atomic mass is 9.71. The molecule has 2 bridgehead atoms. The number of hydrogen-bond acceptors (Lipinski definition) is 14. The highest BCUT2D eigenvalue weighted by atomic mass is 16.7. The van der Waals surface area contributed by atoms with E-state index in [1.165, 1.54) is 0 Å². The van der Waals surface area contributed by atoms with Crippen LogP contribution >= 0.6 is 0 Å². The molecule has 5 saturated heterocycles. The molecule has 5 fully saturated rings. The maximum atomic E-state index is 14.3. The normalized spacial score (nSPS) is 48.7. The minimum absolute atomic E-state index is 0.0210. The van der Waals surface area contributed by atoms with Gasteiger partial charge in [-0.25, -0.2) is 0 Å². The van der Waals surface area contributed by atoms with Gasteiger partial charge in [0.25, 0.3) is 0 Å². The number of carbonyl (C=O) groups excluding carboxylic acids is 1. The lowest BCUT2D eigenvalue weighted by molar-refractivity contribution is -0.340. The van der Waals surface area contributed by atoms with Crippen molar-refractivity contribution in [3.63, 3.8) is 0 Å². The van der Waals surface area contributed by atoms with Crippen molar-refractivity contribution in [3.8, 4) is 0 Å². The molecule has 14 heteroatoms. The highest BCUT2D eigenvalue weighted by molar-refractivity contribution is 5.78. The monoisotopic (exact) mass is 860 g/mol. The molecular formula is C47H72O14. The first-order valence-corrected chi connectivity index (χ1v) is 22.6. The summed E-state index contributed by atoms with van der Waals surface area (Å²) in [5.41, 5.74) is 0.184. The maximum Gasteiger partial charge on any atom is 0.316 e. The summed E-state index contributed by atoms with van der Waals surface area (Å²) in [4.78, 5) is 14.3. The number of rotatable bonds is 7. The molecule has 14 nitrogen and oxygen atoms in total. The Balaban J connectivity index is 1.17. The zero-order chi connectivity index (χ0) is 44.0. The number of allylic oxidation sites excluding steroid dienone is 2.